The molecule has 4 N–H and O–H groups in total. The number of carboxylic acid groups (broad SMARTS) is 1. The number of carboxylic acids is 1. The Bertz CT molecular complexity index is 370. The summed E-state index contributed by atoms with van der Waals surface area (Å²) in [4.78, 5) is 22.5. The van der Waals surface area contributed by atoms with E-state index in [0.717, 1.165) is 32.1 Å². The normalized spacial score (nSPS) is 28.2. The first-order valence-corrected chi connectivity index (χ1v) is 7.37. The number of hydrogen-bond donors (Lipinski definition) is 4. The first-order chi connectivity index (χ1) is 9.84. The second-order valence-electron chi connectivity index (χ2n) is 5.54. The van der Waals surface area contributed by atoms with Gasteiger partial charge in [-0.2, -0.15) is 0 Å². The summed E-state index contributed by atoms with van der Waals surface area (Å²) in [6.07, 6.45) is 0.0162. The van der Waals surface area contributed by atoms with Crippen molar-refractivity contribution in [3.63, 3.8) is 0 Å². The van der Waals surface area contributed by atoms with Crippen molar-refractivity contribution in [2.45, 2.75) is 75.8 Å². The predicted molar refractivity (Wildman–Crippen MR) is 72.5 cm³/mol. The lowest BCUT2D eigenvalue weighted by Crippen LogP contribution is -2.54. The standard InChI is InChI=1S/C14H24O7/c1-2-3-4-5-6-7-8-14(20,13(18)19)11-9(15)10(16)12(17)21-11/h9-11,15-16,20H,2-8H2,1H3,(H,18,19)/t9-,10+,11+,14?/m1/s1. The minimum absolute atomic E-state index is 0.143. The van der Waals surface area contributed by atoms with Crippen molar-refractivity contribution in [2.75, 3.05) is 0 Å². The van der Waals surface area contributed by atoms with Gasteiger partial charge in [0.1, 0.15) is 6.10 Å². The average molecular weight is 304 g/mol. The van der Waals surface area contributed by atoms with Crippen LogP contribution in [0.2, 0.25) is 0 Å². The molecule has 0 spiro atoms. The van der Waals surface area contributed by atoms with Gasteiger partial charge in [0.25, 0.3) is 0 Å². The molecule has 0 aromatic heterocycles. The first-order valence-electron chi connectivity index (χ1n) is 7.37. The fourth-order valence-corrected chi connectivity index (χ4v) is 2.50. The van der Waals surface area contributed by atoms with Crippen LogP contribution >= 0.6 is 0 Å². The molecule has 0 aromatic rings. The number of ether oxygens (including phenoxy) is 1. The van der Waals surface area contributed by atoms with Crippen molar-refractivity contribution in [3.8, 4) is 0 Å². The topological polar surface area (TPSA) is 124 Å². The number of aliphatic hydroxyl groups is 3. The zero-order chi connectivity index (χ0) is 16.0. The van der Waals surface area contributed by atoms with Crippen LogP contribution < -0.4 is 0 Å². The minimum atomic E-state index is -2.38. The Hall–Kier alpha value is -1.18. The molecule has 0 aromatic carbocycles. The molecule has 7 nitrogen and oxygen atoms in total. The molecule has 122 valence electrons. The van der Waals surface area contributed by atoms with E-state index < -0.39 is 35.9 Å². The minimum Gasteiger partial charge on any atom is -0.479 e. The summed E-state index contributed by atoms with van der Waals surface area (Å²) in [6, 6.07) is 0. The maximum Gasteiger partial charge on any atom is 0.339 e. The third-order valence-corrected chi connectivity index (χ3v) is 3.87. The Morgan fingerprint density at radius 2 is 1.76 bits per heavy atom. The lowest BCUT2D eigenvalue weighted by atomic mass is 9.86. The molecule has 0 amide bonds. The first kappa shape index (κ1) is 17.9. The molecule has 7 heteroatoms. The number of aliphatic carboxylic acids is 1. The van der Waals surface area contributed by atoms with E-state index >= 15 is 0 Å². The van der Waals surface area contributed by atoms with E-state index in [9.17, 15) is 30.0 Å². The smallest absolute Gasteiger partial charge is 0.339 e. The van der Waals surface area contributed by atoms with Crippen molar-refractivity contribution >= 4 is 11.9 Å². The van der Waals surface area contributed by atoms with Crippen LogP contribution in [0.15, 0.2) is 0 Å². The molecule has 21 heavy (non-hydrogen) atoms. The largest absolute Gasteiger partial charge is 0.479 e. The maximum absolute atomic E-state index is 11.3. The van der Waals surface area contributed by atoms with Crippen molar-refractivity contribution < 1.29 is 34.8 Å². The number of cyclic esters (lactones) is 1. The SMILES string of the molecule is CCCCCCCCC(O)(C(=O)O)[C@H]1OC(=O)[C@@H](O)[C@H]1O. The third kappa shape index (κ3) is 4.15. The summed E-state index contributed by atoms with van der Waals surface area (Å²) < 4.78 is 4.64. The fraction of sp³-hybridized carbons (Fsp3) is 0.857. The monoisotopic (exact) mass is 304 g/mol. The lowest BCUT2D eigenvalue weighted by molar-refractivity contribution is -0.184. The maximum atomic E-state index is 11.3. The summed E-state index contributed by atoms with van der Waals surface area (Å²) in [5, 5.41) is 38.4. The average Bonchev–Trinajstić information content (AvgIpc) is 2.70. The Morgan fingerprint density at radius 3 is 2.24 bits per heavy atom. The molecule has 0 bridgehead atoms. The Balaban J connectivity index is 2.58. The lowest BCUT2D eigenvalue weighted by Gasteiger charge is -2.30. The molecular weight excluding hydrogens is 280 g/mol. The van der Waals surface area contributed by atoms with Gasteiger partial charge >= 0.3 is 11.9 Å². The molecule has 4 atom stereocenters. The highest BCUT2D eigenvalue weighted by Crippen LogP contribution is 2.30. The van der Waals surface area contributed by atoms with Crippen molar-refractivity contribution in [1.82, 2.24) is 0 Å². The highest BCUT2D eigenvalue weighted by Gasteiger charge is 2.57. The van der Waals surface area contributed by atoms with E-state index in [4.69, 9.17) is 0 Å². The molecule has 1 aliphatic rings. The summed E-state index contributed by atoms with van der Waals surface area (Å²) >= 11 is 0. The molecule has 1 rings (SSSR count). The van der Waals surface area contributed by atoms with Crippen LogP contribution in [0.4, 0.5) is 0 Å². The summed E-state index contributed by atoms with van der Waals surface area (Å²) in [7, 11) is 0. The Morgan fingerprint density at radius 1 is 1.19 bits per heavy atom. The molecule has 1 fully saturated rings. The zero-order valence-electron chi connectivity index (χ0n) is 12.2. The quantitative estimate of drug-likeness (QED) is 0.354. The number of carbonyl (C=O) groups is 2. The van der Waals surface area contributed by atoms with Crippen LogP contribution in [0, 0.1) is 0 Å². The van der Waals surface area contributed by atoms with Gasteiger partial charge in [-0.25, -0.2) is 9.59 Å². The molecule has 0 aliphatic carbocycles. The van der Waals surface area contributed by atoms with E-state index in [-0.39, 0.29) is 6.42 Å². The number of unbranched alkanes of at least 4 members (excludes halogenated alkanes) is 5. The number of rotatable bonds is 9. The second kappa shape index (κ2) is 7.72. The Kier molecular flexibility index (Phi) is 6.57. The van der Waals surface area contributed by atoms with Crippen LogP contribution in [0.5, 0.6) is 0 Å². The van der Waals surface area contributed by atoms with Gasteiger partial charge in [-0.3, -0.25) is 0 Å². The number of esters is 1. The van der Waals surface area contributed by atoms with Gasteiger partial charge < -0.3 is 25.2 Å². The van der Waals surface area contributed by atoms with Gasteiger partial charge in [0.05, 0.1) is 0 Å². The van der Waals surface area contributed by atoms with Crippen molar-refractivity contribution in [2.24, 2.45) is 0 Å². The molecule has 0 radical (unpaired) electrons. The predicted octanol–water partition coefficient (Wildman–Crippen LogP) is 0.200. The Labute approximate surface area is 123 Å². The van der Waals surface area contributed by atoms with Crippen LogP contribution in [-0.2, 0) is 14.3 Å². The van der Waals surface area contributed by atoms with Gasteiger partial charge in [-0.1, -0.05) is 39.0 Å². The van der Waals surface area contributed by atoms with E-state index in [1.165, 1.54) is 0 Å². The van der Waals surface area contributed by atoms with Gasteiger partial charge in [0, 0.05) is 0 Å². The molecule has 1 heterocycles. The third-order valence-electron chi connectivity index (χ3n) is 3.87. The molecular formula is C14H24O7. The second-order valence-corrected chi connectivity index (χ2v) is 5.54. The van der Waals surface area contributed by atoms with Crippen LogP contribution in [-0.4, -0.2) is 56.3 Å². The molecule has 1 saturated heterocycles. The van der Waals surface area contributed by atoms with Gasteiger partial charge in [0.2, 0.25) is 5.60 Å². The van der Waals surface area contributed by atoms with Crippen LogP contribution in [0.1, 0.15) is 51.9 Å². The van der Waals surface area contributed by atoms with Gasteiger partial charge in [-0.05, 0) is 12.8 Å². The van der Waals surface area contributed by atoms with Gasteiger partial charge in [0.15, 0.2) is 12.2 Å². The van der Waals surface area contributed by atoms with Crippen molar-refractivity contribution in [3.05, 3.63) is 0 Å². The van der Waals surface area contributed by atoms with Gasteiger partial charge in [-0.15, -0.1) is 0 Å². The van der Waals surface area contributed by atoms with E-state index in [2.05, 4.69) is 11.7 Å². The summed E-state index contributed by atoms with van der Waals surface area (Å²) in [5.41, 5.74) is -2.38. The molecule has 1 unspecified atom stereocenters. The van der Waals surface area contributed by atoms with Crippen LogP contribution in [0.3, 0.4) is 0 Å². The van der Waals surface area contributed by atoms with E-state index in [1.807, 2.05) is 0 Å². The van der Waals surface area contributed by atoms with Crippen molar-refractivity contribution in [1.29, 1.82) is 0 Å². The number of carbonyl (C=O) groups excluding carboxylic acids is 1. The summed E-state index contributed by atoms with van der Waals surface area (Å²) in [5.74, 6) is -2.68. The fourth-order valence-electron chi connectivity index (χ4n) is 2.50. The summed E-state index contributed by atoms with van der Waals surface area (Å²) in [6.45, 7) is 2.09. The van der Waals surface area contributed by atoms with E-state index in [0.29, 0.717) is 6.42 Å². The van der Waals surface area contributed by atoms with E-state index in [1.54, 1.807) is 0 Å². The molecule has 0 saturated carbocycles. The number of hydrogen-bond acceptors (Lipinski definition) is 6. The van der Waals surface area contributed by atoms with Crippen LogP contribution in [0.25, 0.3) is 0 Å². The molecule has 1 aliphatic heterocycles. The number of aliphatic hydroxyl groups excluding tert-OH is 2. The highest BCUT2D eigenvalue weighted by molar-refractivity contribution is 5.83. The highest BCUT2D eigenvalue weighted by atomic mass is 16.6. The zero-order valence-corrected chi connectivity index (χ0v) is 12.2.